The molecule has 0 aromatic carbocycles. The summed E-state index contributed by atoms with van der Waals surface area (Å²) in [6.07, 6.45) is 1.56. The summed E-state index contributed by atoms with van der Waals surface area (Å²) in [7, 11) is 0. The molecular formula is C14H20O6. The molecule has 1 fully saturated rings. The number of hydrogen-bond acceptors (Lipinski definition) is 6. The number of carbonyl (C=O) groups is 4. The Labute approximate surface area is 117 Å². The highest BCUT2D eigenvalue weighted by molar-refractivity contribution is 5.94. The quantitative estimate of drug-likeness (QED) is 0.540. The number of rotatable bonds is 6. The van der Waals surface area contributed by atoms with Gasteiger partial charge in [0.1, 0.15) is 36.6 Å². The third kappa shape index (κ3) is 6.45. The minimum absolute atomic E-state index is 0.201. The van der Waals surface area contributed by atoms with Crippen molar-refractivity contribution in [1.29, 1.82) is 0 Å². The smallest absolute Gasteiger partial charge is 0.313 e. The summed E-state index contributed by atoms with van der Waals surface area (Å²) in [4.78, 5) is 44.2. The molecule has 0 radical (unpaired) electrons. The molecular weight excluding hydrogens is 264 g/mol. The van der Waals surface area contributed by atoms with Gasteiger partial charge in [-0.15, -0.1) is 0 Å². The number of ether oxygens (including phenoxy) is 2. The average molecular weight is 284 g/mol. The van der Waals surface area contributed by atoms with Crippen molar-refractivity contribution in [2.24, 2.45) is 0 Å². The summed E-state index contributed by atoms with van der Waals surface area (Å²) in [5, 5.41) is 0. The topological polar surface area (TPSA) is 86.7 Å². The molecule has 0 spiro atoms. The molecule has 0 unspecified atom stereocenters. The first-order valence-corrected chi connectivity index (χ1v) is 6.74. The average Bonchev–Trinajstić information content (AvgIpc) is 2.29. The lowest BCUT2D eigenvalue weighted by Crippen LogP contribution is -2.30. The van der Waals surface area contributed by atoms with Crippen molar-refractivity contribution in [1.82, 2.24) is 0 Å². The maximum Gasteiger partial charge on any atom is 0.313 e. The second-order valence-electron chi connectivity index (χ2n) is 5.14. The van der Waals surface area contributed by atoms with Crippen LogP contribution in [0.1, 0.15) is 52.4 Å². The van der Waals surface area contributed by atoms with Gasteiger partial charge in [-0.05, 0) is 39.5 Å². The van der Waals surface area contributed by atoms with Crippen molar-refractivity contribution in [2.45, 2.75) is 64.6 Å². The van der Waals surface area contributed by atoms with Crippen LogP contribution in [0.15, 0.2) is 0 Å². The van der Waals surface area contributed by atoms with Crippen LogP contribution in [0.4, 0.5) is 0 Å². The maximum atomic E-state index is 11.3. The van der Waals surface area contributed by atoms with E-state index in [1.807, 2.05) is 0 Å². The molecule has 6 heteroatoms. The van der Waals surface area contributed by atoms with Crippen LogP contribution in [0.2, 0.25) is 0 Å². The zero-order valence-electron chi connectivity index (χ0n) is 11.8. The molecule has 0 amide bonds. The molecule has 0 bridgehead atoms. The van der Waals surface area contributed by atoms with Gasteiger partial charge in [0.2, 0.25) is 0 Å². The lowest BCUT2D eigenvalue weighted by Gasteiger charge is -2.28. The lowest BCUT2D eigenvalue weighted by molar-refractivity contribution is -0.159. The van der Waals surface area contributed by atoms with E-state index in [0.717, 1.165) is 0 Å². The Kier molecular flexibility index (Phi) is 6.35. The van der Waals surface area contributed by atoms with E-state index in [1.165, 1.54) is 13.8 Å². The molecule has 1 saturated carbocycles. The van der Waals surface area contributed by atoms with Crippen molar-refractivity contribution >= 4 is 23.5 Å². The van der Waals surface area contributed by atoms with Gasteiger partial charge in [-0.1, -0.05) is 0 Å². The molecule has 20 heavy (non-hydrogen) atoms. The lowest BCUT2D eigenvalue weighted by atomic mass is 9.95. The molecule has 0 aliphatic heterocycles. The second kappa shape index (κ2) is 7.77. The second-order valence-corrected chi connectivity index (χ2v) is 5.14. The van der Waals surface area contributed by atoms with Crippen LogP contribution in [0.3, 0.4) is 0 Å². The third-order valence-corrected chi connectivity index (χ3v) is 3.00. The molecule has 0 saturated heterocycles. The Hall–Kier alpha value is -1.72. The van der Waals surface area contributed by atoms with Crippen molar-refractivity contribution in [3.63, 3.8) is 0 Å². The fourth-order valence-corrected chi connectivity index (χ4v) is 2.13. The Morgan fingerprint density at radius 3 is 1.30 bits per heavy atom. The molecule has 1 aliphatic carbocycles. The number of carbonyl (C=O) groups excluding carboxylic acids is 4. The molecule has 0 aromatic rings. The highest BCUT2D eigenvalue weighted by Gasteiger charge is 2.26. The summed E-state index contributed by atoms with van der Waals surface area (Å²) in [5.41, 5.74) is 0. The van der Waals surface area contributed by atoms with E-state index >= 15 is 0 Å². The highest BCUT2D eigenvalue weighted by Crippen LogP contribution is 2.24. The predicted octanol–water partition coefficient (Wildman–Crippen LogP) is 1.34. The van der Waals surface area contributed by atoms with E-state index in [-0.39, 0.29) is 36.6 Å². The van der Waals surface area contributed by atoms with E-state index in [9.17, 15) is 19.2 Å². The summed E-state index contributed by atoms with van der Waals surface area (Å²) >= 11 is 0. The van der Waals surface area contributed by atoms with Gasteiger partial charge in [-0.3, -0.25) is 19.2 Å². The zero-order chi connectivity index (χ0) is 15.1. The van der Waals surface area contributed by atoms with E-state index < -0.39 is 11.9 Å². The summed E-state index contributed by atoms with van der Waals surface area (Å²) in [6, 6.07) is 0. The van der Waals surface area contributed by atoms with E-state index in [4.69, 9.17) is 9.47 Å². The predicted molar refractivity (Wildman–Crippen MR) is 68.8 cm³/mol. The Morgan fingerprint density at radius 2 is 1.05 bits per heavy atom. The maximum absolute atomic E-state index is 11.3. The Morgan fingerprint density at radius 1 is 0.750 bits per heavy atom. The molecule has 0 aromatic heterocycles. The summed E-state index contributed by atoms with van der Waals surface area (Å²) < 4.78 is 10.3. The molecule has 1 aliphatic rings. The van der Waals surface area contributed by atoms with Crippen molar-refractivity contribution in [2.75, 3.05) is 0 Å². The largest absolute Gasteiger partial charge is 0.462 e. The fourth-order valence-electron chi connectivity index (χ4n) is 2.13. The first-order chi connectivity index (χ1) is 9.36. The van der Waals surface area contributed by atoms with E-state index in [2.05, 4.69) is 0 Å². The number of Topliss-reactive ketones (excluding diaryl/α,β-unsaturated/α-hetero) is 2. The molecule has 0 heterocycles. The Bertz CT molecular complexity index is 354. The van der Waals surface area contributed by atoms with Gasteiger partial charge < -0.3 is 9.47 Å². The van der Waals surface area contributed by atoms with Crippen LogP contribution in [-0.2, 0) is 28.7 Å². The van der Waals surface area contributed by atoms with Crippen molar-refractivity contribution in [3.05, 3.63) is 0 Å². The van der Waals surface area contributed by atoms with Crippen molar-refractivity contribution in [3.8, 4) is 0 Å². The first-order valence-electron chi connectivity index (χ1n) is 6.74. The van der Waals surface area contributed by atoms with Gasteiger partial charge in [-0.25, -0.2) is 0 Å². The normalized spacial score (nSPS) is 21.9. The first kappa shape index (κ1) is 16.3. The SMILES string of the molecule is CC(=O)CC(=O)OC1CCC(OC(=O)CC(C)=O)CC1. The van der Waals surface area contributed by atoms with E-state index in [1.54, 1.807) is 0 Å². The van der Waals surface area contributed by atoms with Crippen LogP contribution in [0, 0.1) is 0 Å². The number of ketones is 2. The van der Waals surface area contributed by atoms with Gasteiger partial charge in [0.25, 0.3) is 0 Å². The Balaban J connectivity index is 2.26. The summed E-state index contributed by atoms with van der Waals surface area (Å²) in [5.74, 6) is -1.45. The monoisotopic (exact) mass is 284 g/mol. The van der Waals surface area contributed by atoms with Gasteiger partial charge in [0, 0.05) is 0 Å². The van der Waals surface area contributed by atoms with Crippen molar-refractivity contribution < 1.29 is 28.7 Å². The molecule has 6 nitrogen and oxygen atoms in total. The molecule has 0 atom stereocenters. The van der Waals surface area contributed by atoms with Gasteiger partial charge in [0.05, 0.1) is 0 Å². The van der Waals surface area contributed by atoms with Crippen LogP contribution in [0.5, 0.6) is 0 Å². The number of esters is 2. The third-order valence-electron chi connectivity index (χ3n) is 3.00. The van der Waals surface area contributed by atoms with Crippen LogP contribution in [-0.4, -0.2) is 35.7 Å². The van der Waals surface area contributed by atoms with Crippen LogP contribution < -0.4 is 0 Å². The van der Waals surface area contributed by atoms with Crippen LogP contribution in [0.25, 0.3) is 0 Å². The minimum atomic E-state index is -0.505. The van der Waals surface area contributed by atoms with Gasteiger partial charge in [0.15, 0.2) is 0 Å². The molecule has 112 valence electrons. The standard InChI is InChI=1S/C14H20O6/c1-9(15)7-13(17)19-11-3-5-12(6-4-11)20-14(18)8-10(2)16/h11-12H,3-8H2,1-2H3. The number of hydrogen-bond donors (Lipinski definition) is 0. The molecule has 1 rings (SSSR count). The van der Waals surface area contributed by atoms with Gasteiger partial charge >= 0.3 is 11.9 Å². The summed E-state index contributed by atoms with van der Waals surface area (Å²) in [6.45, 7) is 2.68. The highest BCUT2D eigenvalue weighted by atomic mass is 16.6. The van der Waals surface area contributed by atoms with Crippen LogP contribution >= 0.6 is 0 Å². The fraction of sp³-hybridized carbons (Fsp3) is 0.714. The van der Waals surface area contributed by atoms with E-state index in [0.29, 0.717) is 25.7 Å². The van der Waals surface area contributed by atoms with Gasteiger partial charge in [-0.2, -0.15) is 0 Å². The molecule has 0 N–H and O–H groups in total. The minimum Gasteiger partial charge on any atom is -0.462 e. The zero-order valence-corrected chi connectivity index (χ0v) is 11.8.